The van der Waals surface area contributed by atoms with E-state index in [1.54, 1.807) is 6.07 Å². The van der Waals surface area contributed by atoms with Gasteiger partial charge in [0.05, 0.1) is 12.2 Å². The summed E-state index contributed by atoms with van der Waals surface area (Å²) < 4.78 is 5.03. The van der Waals surface area contributed by atoms with E-state index in [1.807, 2.05) is 20.8 Å². The minimum Gasteiger partial charge on any atom is -0.481 e. The molecule has 1 rings (SSSR count). The fraction of sp³-hybridized carbons (Fsp3) is 0.615. The van der Waals surface area contributed by atoms with Crippen LogP contribution in [-0.2, 0) is 15.0 Å². The van der Waals surface area contributed by atoms with E-state index < -0.39 is 5.97 Å². The lowest BCUT2D eigenvalue weighted by molar-refractivity contribution is -0.137. The smallest absolute Gasteiger partial charge is 0.303 e. The van der Waals surface area contributed by atoms with Crippen LogP contribution in [0.1, 0.15) is 39.3 Å². The standard InChI is InChI=1S/C13H21N3O4/c1-13(2,3)9-7-11(20-16-9)15-10(17)8-14-6-4-5-12(18)19/h7,14H,4-6,8H2,1-3H3,(H,15,17)(H,18,19). The highest BCUT2D eigenvalue weighted by Crippen LogP contribution is 2.23. The predicted molar refractivity (Wildman–Crippen MR) is 73.6 cm³/mol. The normalized spacial score (nSPS) is 11.3. The summed E-state index contributed by atoms with van der Waals surface area (Å²) in [6.07, 6.45) is 0.574. The fourth-order valence-corrected chi connectivity index (χ4v) is 1.44. The maximum absolute atomic E-state index is 11.6. The number of aromatic nitrogens is 1. The van der Waals surface area contributed by atoms with Gasteiger partial charge >= 0.3 is 5.97 Å². The van der Waals surface area contributed by atoms with Gasteiger partial charge in [0.25, 0.3) is 0 Å². The molecule has 0 unspecified atom stereocenters. The molecule has 0 saturated heterocycles. The van der Waals surface area contributed by atoms with Crippen molar-refractivity contribution in [1.82, 2.24) is 10.5 Å². The van der Waals surface area contributed by atoms with Crippen molar-refractivity contribution in [3.63, 3.8) is 0 Å². The number of hydrogen-bond donors (Lipinski definition) is 3. The second-order valence-corrected chi connectivity index (χ2v) is 5.55. The molecule has 0 aromatic carbocycles. The van der Waals surface area contributed by atoms with E-state index in [9.17, 15) is 9.59 Å². The molecule has 0 bridgehead atoms. The van der Waals surface area contributed by atoms with E-state index in [0.29, 0.717) is 18.8 Å². The molecule has 0 aliphatic rings. The van der Waals surface area contributed by atoms with Gasteiger partial charge in [-0.3, -0.25) is 14.9 Å². The molecule has 3 N–H and O–H groups in total. The molecule has 1 aromatic heterocycles. The highest BCUT2D eigenvalue weighted by molar-refractivity contribution is 5.90. The quantitative estimate of drug-likeness (QED) is 0.653. The molecule has 0 radical (unpaired) electrons. The van der Waals surface area contributed by atoms with E-state index in [-0.39, 0.29) is 24.3 Å². The van der Waals surface area contributed by atoms with Gasteiger partial charge in [0.1, 0.15) is 0 Å². The third kappa shape index (κ3) is 5.83. The first-order chi connectivity index (χ1) is 9.29. The van der Waals surface area contributed by atoms with Crippen molar-refractivity contribution >= 4 is 17.8 Å². The number of carboxylic acid groups (broad SMARTS) is 1. The number of carbonyl (C=O) groups excluding carboxylic acids is 1. The average Bonchev–Trinajstić information content (AvgIpc) is 2.76. The predicted octanol–water partition coefficient (Wildman–Crippen LogP) is 1.37. The molecule has 7 nitrogen and oxygen atoms in total. The number of hydrogen-bond acceptors (Lipinski definition) is 5. The van der Waals surface area contributed by atoms with Crippen LogP contribution in [0.5, 0.6) is 0 Å². The van der Waals surface area contributed by atoms with Crippen molar-refractivity contribution in [1.29, 1.82) is 0 Å². The lowest BCUT2D eigenvalue weighted by Gasteiger charge is -2.12. The summed E-state index contributed by atoms with van der Waals surface area (Å²) in [6.45, 7) is 6.58. The van der Waals surface area contributed by atoms with Crippen LogP contribution in [-0.4, -0.2) is 35.2 Å². The Hall–Kier alpha value is -1.89. The Morgan fingerprint density at radius 2 is 2.10 bits per heavy atom. The van der Waals surface area contributed by atoms with Gasteiger partial charge in [-0.1, -0.05) is 25.9 Å². The molecule has 0 spiro atoms. The third-order valence-electron chi connectivity index (χ3n) is 2.57. The third-order valence-corrected chi connectivity index (χ3v) is 2.57. The summed E-state index contributed by atoms with van der Waals surface area (Å²) in [5.74, 6) is -0.781. The Morgan fingerprint density at radius 3 is 2.65 bits per heavy atom. The van der Waals surface area contributed by atoms with Gasteiger partial charge in [-0.25, -0.2) is 0 Å². The van der Waals surface area contributed by atoms with Crippen molar-refractivity contribution in [2.45, 2.75) is 39.0 Å². The highest BCUT2D eigenvalue weighted by atomic mass is 16.5. The van der Waals surface area contributed by atoms with Gasteiger partial charge in [0, 0.05) is 17.9 Å². The number of nitrogens with one attached hydrogen (secondary N) is 2. The molecule has 1 heterocycles. The average molecular weight is 283 g/mol. The molecule has 0 aliphatic carbocycles. The van der Waals surface area contributed by atoms with Gasteiger partial charge in [-0.05, 0) is 13.0 Å². The summed E-state index contributed by atoms with van der Waals surface area (Å²) in [5, 5.41) is 17.8. The second-order valence-electron chi connectivity index (χ2n) is 5.55. The first-order valence-electron chi connectivity index (χ1n) is 6.48. The van der Waals surface area contributed by atoms with Crippen LogP contribution >= 0.6 is 0 Å². The van der Waals surface area contributed by atoms with Crippen molar-refractivity contribution in [3.05, 3.63) is 11.8 Å². The lowest BCUT2D eigenvalue weighted by atomic mass is 9.92. The van der Waals surface area contributed by atoms with E-state index in [1.165, 1.54) is 0 Å². The molecule has 20 heavy (non-hydrogen) atoms. The molecule has 1 aromatic rings. The van der Waals surface area contributed by atoms with Gasteiger partial charge in [-0.15, -0.1) is 0 Å². The second kappa shape index (κ2) is 7.04. The van der Waals surface area contributed by atoms with Crippen LogP contribution in [0, 0.1) is 0 Å². The zero-order valence-corrected chi connectivity index (χ0v) is 12.0. The van der Waals surface area contributed by atoms with Crippen LogP contribution in [0.2, 0.25) is 0 Å². The van der Waals surface area contributed by atoms with E-state index in [0.717, 1.165) is 5.69 Å². The molecular weight excluding hydrogens is 262 g/mol. The SMILES string of the molecule is CC(C)(C)c1cc(NC(=O)CNCCCC(=O)O)on1. The van der Waals surface area contributed by atoms with Crippen molar-refractivity contribution < 1.29 is 19.2 Å². The molecule has 7 heteroatoms. The van der Waals surface area contributed by atoms with Crippen LogP contribution in [0.25, 0.3) is 0 Å². The highest BCUT2D eigenvalue weighted by Gasteiger charge is 2.19. The van der Waals surface area contributed by atoms with Crippen LogP contribution in [0.15, 0.2) is 10.6 Å². The number of nitrogens with zero attached hydrogens (tertiary/aromatic N) is 1. The van der Waals surface area contributed by atoms with Gasteiger partial charge < -0.3 is 14.9 Å². The topological polar surface area (TPSA) is 104 Å². The lowest BCUT2D eigenvalue weighted by Crippen LogP contribution is -2.28. The molecule has 1 amide bonds. The summed E-state index contributed by atoms with van der Waals surface area (Å²) in [7, 11) is 0. The van der Waals surface area contributed by atoms with Crippen LogP contribution < -0.4 is 10.6 Å². The Bertz CT molecular complexity index is 462. The van der Waals surface area contributed by atoms with Crippen molar-refractivity contribution in [2.24, 2.45) is 0 Å². The van der Waals surface area contributed by atoms with Crippen molar-refractivity contribution in [3.8, 4) is 0 Å². The van der Waals surface area contributed by atoms with Crippen LogP contribution in [0.4, 0.5) is 5.88 Å². The van der Waals surface area contributed by atoms with E-state index >= 15 is 0 Å². The minimum atomic E-state index is -0.840. The van der Waals surface area contributed by atoms with Gasteiger partial charge in [0.2, 0.25) is 11.8 Å². The number of aliphatic carboxylic acids is 1. The van der Waals surface area contributed by atoms with Crippen molar-refractivity contribution in [2.75, 3.05) is 18.4 Å². The number of carboxylic acids is 1. The number of amides is 1. The number of rotatable bonds is 7. The Morgan fingerprint density at radius 1 is 1.40 bits per heavy atom. The maximum atomic E-state index is 11.6. The Kier molecular flexibility index (Phi) is 5.69. The Balaban J connectivity index is 2.29. The van der Waals surface area contributed by atoms with E-state index in [4.69, 9.17) is 9.63 Å². The van der Waals surface area contributed by atoms with Gasteiger partial charge in [0.15, 0.2) is 0 Å². The monoisotopic (exact) mass is 283 g/mol. The van der Waals surface area contributed by atoms with Gasteiger partial charge in [-0.2, -0.15) is 0 Å². The Labute approximate surface area is 117 Å². The zero-order chi connectivity index (χ0) is 15.2. The van der Waals surface area contributed by atoms with Crippen LogP contribution in [0.3, 0.4) is 0 Å². The molecule has 0 saturated carbocycles. The number of anilines is 1. The first-order valence-corrected chi connectivity index (χ1v) is 6.48. The maximum Gasteiger partial charge on any atom is 0.303 e. The first kappa shape index (κ1) is 16.2. The summed E-state index contributed by atoms with van der Waals surface area (Å²) >= 11 is 0. The molecule has 0 fully saturated rings. The summed E-state index contributed by atoms with van der Waals surface area (Å²) in [6, 6.07) is 1.70. The largest absolute Gasteiger partial charge is 0.481 e. The molecule has 112 valence electrons. The fourth-order valence-electron chi connectivity index (χ4n) is 1.44. The summed E-state index contributed by atoms with van der Waals surface area (Å²) in [4.78, 5) is 21.9. The molecule has 0 atom stereocenters. The molecular formula is C13H21N3O4. The summed E-state index contributed by atoms with van der Waals surface area (Å²) in [5.41, 5.74) is 0.629. The molecule has 0 aliphatic heterocycles. The number of carbonyl (C=O) groups is 2. The minimum absolute atomic E-state index is 0.0890. The zero-order valence-electron chi connectivity index (χ0n) is 12.0. The van der Waals surface area contributed by atoms with E-state index in [2.05, 4.69) is 15.8 Å².